The molecule has 0 radical (unpaired) electrons. The molecule has 0 saturated carbocycles. The fraction of sp³-hybridized carbons (Fsp3) is 0.250. The van der Waals surface area contributed by atoms with Gasteiger partial charge in [-0.05, 0) is 19.1 Å². The first-order valence-electron chi connectivity index (χ1n) is 5.83. The molecule has 1 heterocycles. The minimum Gasteiger partial charge on any atom is -0.381 e. The highest BCUT2D eigenvalue weighted by atomic mass is 32.2. The number of sulfonamides is 1. The largest absolute Gasteiger partial charge is 0.381 e. The average molecular weight is 280 g/mol. The van der Waals surface area contributed by atoms with Crippen LogP contribution in [0.1, 0.15) is 6.92 Å². The summed E-state index contributed by atoms with van der Waals surface area (Å²) in [7, 11) is -2.06. The van der Waals surface area contributed by atoms with Crippen LogP contribution >= 0.6 is 0 Å². The standard InChI is InChI=1S/C12H16N4O2S/c1-3-16(10-7-5-4-6-8-10)19(17,18)11-9-15(2)14-12(11)13/h4-9H,3H2,1-2H3,(H2,13,14). The zero-order valence-corrected chi connectivity index (χ0v) is 11.6. The van der Waals surface area contributed by atoms with Crippen molar-refractivity contribution in [2.45, 2.75) is 11.8 Å². The third-order valence-corrected chi connectivity index (χ3v) is 4.64. The second kappa shape index (κ2) is 4.93. The number of hydrogen-bond donors (Lipinski definition) is 1. The molecule has 2 N–H and O–H groups in total. The van der Waals surface area contributed by atoms with Gasteiger partial charge in [-0.2, -0.15) is 5.10 Å². The number of aromatic nitrogens is 2. The van der Waals surface area contributed by atoms with E-state index in [1.807, 2.05) is 6.07 Å². The Bertz CT molecular complexity index is 664. The lowest BCUT2D eigenvalue weighted by Gasteiger charge is -2.22. The number of anilines is 2. The quantitative estimate of drug-likeness (QED) is 0.913. The van der Waals surface area contributed by atoms with Gasteiger partial charge in [-0.3, -0.25) is 8.99 Å². The minimum absolute atomic E-state index is 0.0110. The maximum Gasteiger partial charge on any atom is 0.269 e. The van der Waals surface area contributed by atoms with E-state index < -0.39 is 10.0 Å². The molecule has 0 fully saturated rings. The molecule has 0 unspecified atom stereocenters. The van der Waals surface area contributed by atoms with Gasteiger partial charge in [-0.25, -0.2) is 8.42 Å². The molecule has 0 aliphatic heterocycles. The summed E-state index contributed by atoms with van der Waals surface area (Å²) in [6.45, 7) is 2.10. The number of benzene rings is 1. The Morgan fingerprint density at radius 2 is 1.95 bits per heavy atom. The molecule has 1 aromatic heterocycles. The van der Waals surface area contributed by atoms with Gasteiger partial charge in [-0.1, -0.05) is 18.2 Å². The lowest BCUT2D eigenvalue weighted by Crippen LogP contribution is -2.31. The van der Waals surface area contributed by atoms with E-state index in [1.54, 1.807) is 38.2 Å². The maximum atomic E-state index is 12.6. The van der Waals surface area contributed by atoms with Crippen LogP contribution in [0.3, 0.4) is 0 Å². The van der Waals surface area contributed by atoms with Crippen LogP contribution in [0.25, 0.3) is 0 Å². The van der Waals surface area contributed by atoms with Gasteiger partial charge in [0.1, 0.15) is 4.90 Å². The number of hydrogen-bond acceptors (Lipinski definition) is 4. The minimum atomic E-state index is -3.69. The monoisotopic (exact) mass is 280 g/mol. The maximum absolute atomic E-state index is 12.6. The van der Waals surface area contributed by atoms with Gasteiger partial charge in [0.2, 0.25) is 0 Å². The van der Waals surface area contributed by atoms with E-state index in [1.165, 1.54) is 15.2 Å². The van der Waals surface area contributed by atoms with Crippen molar-refractivity contribution in [1.29, 1.82) is 0 Å². The Balaban J connectivity index is 2.51. The molecule has 19 heavy (non-hydrogen) atoms. The fourth-order valence-corrected chi connectivity index (χ4v) is 3.45. The predicted molar refractivity (Wildman–Crippen MR) is 74.3 cm³/mol. The zero-order valence-electron chi connectivity index (χ0n) is 10.8. The summed E-state index contributed by atoms with van der Waals surface area (Å²) in [5.74, 6) is 0.0110. The highest BCUT2D eigenvalue weighted by molar-refractivity contribution is 7.93. The van der Waals surface area contributed by atoms with Gasteiger partial charge >= 0.3 is 0 Å². The summed E-state index contributed by atoms with van der Waals surface area (Å²) in [6, 6.07) is 8.91. The van der Waals surface area contributed by atoms with E-state index in [-0.39, 0.29) is 10.7 Å². The summed E-state index contributed by atoms with van der Waals surface area (Å²) < 4.78 is 27.9. The van der Waals surface area contributed by atoms with Crippen LogP contribution in [-0.2, 0) is 17.1 Å². The van der Waals surface area contributed by atoms with E-state index in [4.69, 9.17) is 5.73 Å². The van der Waals surface area contributed by atoms with E-state index in [9.17, 15) is 8.42 Å². The van der Waals surface area contributed by atoms with Gasteiger partial charge < -0.3 is 5.73 Å². The molecule has 0 saturated heterocycles. The number of para-hydroxylation sites is 1. The molecular weight excluding hydrogens is 264 g/mol. The molecule has 6 nitrogen and oxygen atoms in total. The van der Waals surface area contributed by atoms with Crippen molar-refractivity contribution in [2.75, 3.05) is 16.6 Å². The third-order valence-electron chi connectivity index (χ3n) is 2.72. The Hall–Kier alpha value is -2.02. The highest BCUT2D eigenvalue weighted by Crippen LogP contribution is 2.25. The normalized spacial score (nSPS) is 11.5. The Kier molecular flexibility index (Phi) is 3.48. The number of rotatable bonds is 4. The van der Waals surface area contributed by atoms with Crippen molar-refractivity contribution in [2.24, 2.45) is 7.05 Å². The fourth-order valence-electron chi connectivity index (χ4n) is 1.89. The van der Waals surface area contributed by atoms with Crippen LogP contribution in [0.15, 0.2) is 41.4 Å². The smallest absolute Gasteiger partial charge is 0.269 e. The van der Waals surface area contributed by atoms with Crippen molar-refractivity contribution < 1.29 is 8.42 Å². The SMILES string of the molecule is CCN(c1ccccc1)S(=O)(=O)c1cn(C)nc1N. The van der Waals surface area contributed by atoms with Gasteiger partial charge in [0.25, 0.3) is 10.0 Å². The van der Waals surface area contributed by atoms with E-state index in [0.29, 0.717) is 12.2 Å². The Morgan fingerprint density at radius 3 is 2.42 bits per heavy atom. The molecule has 102 valence electrons. The van der Waals surface area contributed by atoms with Crippen LogP contribution in [0.5, 0.6) is 0 Å². The van der Waals surface area contributed by atoms with Crippen LogP contribution < -0.4 is 10.0 Å². The first-order valence-corrected chi connectivity index (χ1v) is 7.27. The van der Waals surface area contributed by atoms with Crippen molar-refractivity contribution in [3.63, 3.8) is 0 Å². The van der Waals surface area contributed by atoms with Crippen molar-refractivity contribution in [1.82, 2.24) is 9.78 Å². The first-order chi connectivity index (χ1) is 8.96. The van der Waals surface area contributed by atoms with Crippen molar-refractivity contribution >= 4 is 21.5 Å². The average Bonchev–Trinajstić information content (AvgIpc) is 2.71. The van der Waals surface area contributed by atoms with Gasteiger partial charge in [0.15, 0.2) is 5.82 Å². The second-order valence-electron chi connectivity index (χ2n) is 4.06. The second-order valence-corrected chi connectivity index (χ2v) is 5.89. The third kappa shape index (κ3) is 2.41. The van der Waals surface area contributed by atoms with E-state index in [2.05, 4.69) is 5.10 Å². The van der Waals surface area contributed by atoms with Crippen LogP contribution in [-0.4, -0.2) is 24.7 Å². The Labute approximate surface area is 112 Å². The molecule has 1 aromatic carbocycles. The summed E-state index contributed by atoms with van der Waals surface area (Å²) in [5.41, 5.74) is 6.27. The number of nitrogens with two attached hydrogens (primary N) is 1. The molecule has 0 aliphatic rings. The summed E-state index contributed by atoms with van der Waals surface area (Å²) >= 11 is 0. The molecule has 0 bridgehead atoms. The molecular formula is C12H16N4O2S. The summed E-state index contributed by atoms with van der Waals surface area (Å²) in [5, 5.41) is 3.88. The topological polar surface area (TPSA) is 81.2 Å². The van der Waals surface area contributed by atoms with Crippen molar-refractivity contribution in [3.8, 4) is 0 Å². The lowest BCUT2D eigenvalue weighted by atomic mass is 10.3. The van der Waals surface area contributed by atoms with E-state index >= 15 is 0 Å². The molecule has 0 atom stereocenters. The molecule has 7 heteroatoms. The van der Waals surface area contributed by atoms with Gasteiger partial charge in [-0.15, -0.1) is 0 Å². The molecule has 0 amide bonds. The predicted octanol–water partition coefficient (Wildman–Crippen LogP) is 1.22. The molecule has 2 aromatic rings. The summed E-state index contributed by atoms with van der Waals surface area (Å²) in [4.78, 5) is 0.0284. The Morgan fingerprint density at radius 1 is 1.32 bits per heavy atom. The number of aryl methyl sites for hydroxylation is 1. The zero-order chi connectivity index (χ0) is 14.0. The highest BCUT2D eigenvalue weighted by Gasteiger charge is 2.27. The molecule has 2 rings (SSSR count). The van der Waals surface area contributed by atoms with Crippen LogP contribution in [0.4, 0.5) is 11.5 Å². The van der Waals surface area contributed by atoms with Crippen molar-refractivity contribution in [3.05, 3.63) is 36.5 Å². The van der Waals surface area contributed by atoms with Gasteiger partial charge in [0.05, 0.1) is 5.69 Å². The first kappa shape index (κ1) is 13.4. The summed E-state index contributed by atoms with van der Waals surface area (Å²) in [6.07, 6.45) is 1.41. The molecule has 0 spiro atoms. The molecule has 0 aliphatic carbocycles. The van der Waals surface area contributed by atoms with Crippen LogP contribution in [0, 0.1) is 0 Å². The number of nitrogens with zero attached hydrogens (tertiary/aromatic N) is 3. The van der Waals surface area contributed by atoms with Gasteiger partial charge in [0, 0.05) is 19.8 Å². The number of nitrogen functional groups attached to an aromatic ring is 1. The van der Waals surface area contributed by atoms with E-state index in [0.717, 1.165) is 0 Å². The van der Waals surface area contributed by atoms with Crippen LogP contribution in [0.2, 0.25) is 0 Å². The lowest BCUT2D eigenvalue weighted by molar-refractivity contribution is 0.592.